The lowest BCUT2D eigenvalue weighted by Gasteiger charge is -2.16. The predicted octanol–water partition coefficient (Wildman–Crippen LogP) is -0.643. The van der Waals surface area contributed by atoms with Crippen LogP contribution in [0.25, 0.3) is 11.2 Å². The van der Waals surface area contributed by atoms with Crippen molar-refractivity contribution < 1.29 is 34.3 Å². The lowest BCUT2D eigenvalue weighted by Crippen LogP contribution is -2.33. The molecule has 0 unspecified atom stereocenters. The van der Waals surface area contributed by atoms with E-state index in [0.29, 0.717) is 17.0 Å². The van der Waals surface area contributed by atoms with Crippen LogP contribution < -0.4 is 10.1 Å². The van der Waals surface area contributed by atoms with E-state index >= 15 is 0 Å². The predicted molar refractivity (Wildman–Crippen MR) is 92.6 cm³/mol. The summed E-state index contributed by atoms with van der Waals surface area (Å²) < 4.78 is 17.2. The molecule has 4 rings (SSSR count). The van der Waals surface area contributed by atoms with E-state index in [-0.39, 0.29) is 24.0 Å². The molecule has 1 fully saturated rings. The van der Waals surface area contributed by atoms with E-state index in [0.717, 1.165) is 0 Å². The van der Waals surface area contributed by atoms with Crippen LogP contribution in [-0.2, 0) is 11.3 Å². The molecule has 3 aromatic rings. The van der Waals surface area contributed by atoms with Gasteiger partial charge in [-0.05, 0) is 0 Å². The van der Waals surface area contributed by atoms with Crippen LogP contribution in [0.2, 0.25) is 0 Å². The molecule has 1 aliphatic rings. The van der Waals surface area contributed by atoms with E-state index in [9.17, 15) is 20.4 Å². The highest BCUT2D eigenvalue weighted by atomic mass is 16.6. The van der Waals surface area contributed by atoms with E-state index < -0.39 is 31.1 Å². The summed E-state index contributed by atoms with van der Waals surface area (Å²) in [5, 5.41) is 42.3. The monoisotopic (exact) mass is 393 g/mol. The molecule has 4 heterocycles. The zero-order valence-electron chi connectivity index (χ0n) is 14.8. The van der Waals surface area contributed by atoms with Crippen LogP contribution in [0.4, 0.5) is 5.82 Å². The van der Waals surface area contributed by atoms with Crippen LogP contribution in [0.3, 0.4) is 0 Å². The van der Waals surface area contributed by atoms with E-state index in [2.05, 4.69) is 20.3 Å². The first-order chi connectivity index (χ1) is 13.5. The van der Waals surface area contributed by atoms with Crippen LogP contribution in [0.15, 0.2) is 23.1 Å². The molecule has 1 saturated heterocycles. The highest BCUT2D eigenvalue weighted by Gasteiger charge is 2.44. The number of rotatable bonds is 6. The number of ether oxygens (including phenoxy) is 2. The largest absolute Gasteiger partial charge is 0.504 e. The Labute approximate surface area is 158 Å². The molecule has 0 amide bonds. The Kier molecular flexibility index (Phi) is 4.77. The molecule has 0 aliphatic carbocycles. The topological polar surface area (TPSA) is 168 Å². The van der Waals surface area contributed by atoms with Gasteiger partial charge in [0.2, 0.25) is 0 Å². The molecule has 150 valence electrons. The molecule has 0 bridgehead atoms. The third-order valence-electron chi connectivity index (χ3n) is 4.53. The summed E-state index contributed by atoms with van der Waals surface area (Å²) in [4.78, 5) is 12.6. The molecule has 1 aliphatic heterocycles. The van der Waals surface area contributed by atoms with Crippen molar-refractivity contribution in [3.8, 4) is 11.7 Å². The van der Waals surface area contributed by atoms with Crippen molar-refractivity contribution in [2.24, 2.45) is 0 Å². The molecule has 0 radical (unpaired) electrons. The van der Waals surface area contributed by atoms with Gasteiger partial charge in [0.1, 0.15) is 24.6 Å². The van der Waals surface area contributed by atoms with Crippen LogP contribution in [0.1, 0.15) is 12.0 Å². The van der Waals surface area contributed by atoms with E-state index in [1.165, 1.54) is 30.4 Å². The fourth-order valence-corrected chi connectivity index (χ4v) is 3.06. The molecular weight excluding hydrogens is 374 g/mol. The molecule has 3 aromatic heterocycles. The Morgan fingerprint density at radius 2 is 2.07 bits per heavy atom. The minimum atomic E-state index is -1.26. The zero-order chi connectivity index (χ0) is 19.8. The van der Waals surface area contributed by atoms with Crippen molar-refractivity contribution in [1.82, 2.24) is 19.5 Å². The number of aromatic nitrogens is 4. The average Bonchev–Trinajstić information content (AvgIpc) is 3.37. The number of nitrogens with one attached hydrogen (secondary N) is 1. The Balaban J connectivity index is 1.59. The summed E-state index contributed by atoms with van der Waals surface area (Å²) in [5.41, 5.74) is 0.742. The second-order valence-corrected chi connectivity index (χ2v) is 6.21. The van der Waals surface area contributed by atoms with Crippen LogP contribution >= 0.6 is 0 Å². The van der Waals surface area contributed by atoms with Gasteiger partial charge in [-0.25, -0.2) is 15.0 Å². The minimum absolute atomic E-state index is 0.0632. The number of aliphatic hydroxyl groups excluding tert-OH is 3. The maximum absolute atomic E-state index is 10.2. The van der Waals surface area contributed by atoms with Gasteiger partial charge in [-0.15, -0.1) is 0 Å². The van der Waals surface area contributed by atoms with Crippen molar-refractivity contribution in [1.29, 1.82) is 0 Å². The summed E-state index contributed by atoms with van der Waals surface area (Å²) in [7, 11) is 1.42. The van der Waals surface area contributed by atoms with E-state index in [4.69, 9.17) is 13.9 Å². The number of fused-ring (bicyclic) bond motifs is 1. The smallest absolute Gasteiger partial charge is 0.288 e. The molecule has 28 heavy (non-hydrogen) atoms. The second-order valence-electron chi connectivity index (χ2n) is 6.21. The minimum Gasteiger partial charge on any atom is -0.504 e. The number of furan rings is 1. The molecular formula is C16H19N5O7. The number of methoxy groups -OCH3 is 1. The van der Waals surface area contributed by atoms with Crippen molar-refractivity contribution >= 4 is 17.0 Å². The van der Waals surface area contributed by atoms with Gasteiger partial charge in [0, 0.05) is 0 Å². The van der Waals surface area contributed by atoms with Gasteiger partial charge in [0.25, 0.3) is 5.95 Å². The van der Waals surface area contributed by atoms with Gasteiger partial charge in [-0.3, -0.25) is 4.57 Å². The quantitative estimate of drug-likeness (QED) is 0.361. The van der Waals surface area contributed by atoms with E-state index in [1.54, 1.807) is 0 Å². The van der Waals surface area contributed by atoms with Gasteiger partial charge in [-0.2, -0.15) is 0 Å². The summed E-state index contributed by atoms with van der Waals surface area (Å²) in [5.74, 6) is 0.735. The first-order valence-corrected chi connectivity index (χ1v) is 8.43. The zero-order valence-corrected chi connectivity index (χ0v) is 14.8. The maximum atomic E-state index is 10.2. The van der Waals surface area contributed by atoms with Gasteiger partial charge >= 0.3 is 0 Å². The molecule has 4 atom stereocenters. The normalized spacial score (nSPS) is 24.7. The highest BCUT2D eigenvalue weighted by Crippen LogP contribution is 2.32. The fourth-order valence-electron chi connectivity index (χ4n) is 3.06. The van der Waals surface area contributed by atoms with Crippen LogP contribution in [0.5, 0.6) is 11.7 Å². The average molecular weight is 393 g/mol. The van der Waals surface area contributed by atoms with Crippen molar-refractivity contribution in [3.63, 3.8) is 0 Å². The third kappa shape index (κ3) is 3.01. The van der Waals surface area contributed by atoms with Crippen LogP contribution in [0, 0.1) is 0 Å². The van der Waals surface area contributed by atoms with Gasteiger partial charge in [0.05, 0.1) is 32.7 Å². The Morgan fingerprint density at radius 3 is 2.75 bits per heavy atom. The molecule has 12 nitrogen and oxygen atoms in total. The SMILES string of the molecule is COc1cc(O)c(CNc2ncnc3c2ncn3[C@@H]2O[C@H](CO)[C@@H](O)[C@@H]2O)o1. The number of aliphatic hydroxyl groups is 3. The molecule has 5 N–H and O–H groups in total. The number of anilines is 1. The Bertz CT molecular complexity index is 974. The van der Waals surface area contributed by atoms with Crippen molar-refractivity contribution in [2.75, 3.05) is 19.0 Å². The van der Waals surface area contributed by atoms with Gasteiger partial charge < -0.3 is 39.6 Å². The van der Waals surface area contributed by atoms with Crippen LogP contribution in [-0.4, -0.2) is 72.0 Å². The second kappa shape index (κ2) is 7.24. The summed E-state index contributed by atoms with van der Waals surface area (Å²) in [6, 6.07) is 1.35. The van der Waals surface area contributed by atoms with Gasteiger partial charge in [-0.1, -0.05) is 0 Å². The summed E-state index contributed by atoms with van der Waals surface area (Å²) >= 11 is 0. The Hall–Kier alpha value is -2.93. The molecule has 0 spiro atoms. The number of hydrogen-bond donors (Lipinski definition) is 5. The van der Waals surface area contributed by atoms with E-state index in [1.807, 2.05) is 0 Å². The number of aromatic hydroxyl groups is 1. The van der Waals surface area contributed by atoms with Gasteiger partial charge in [0.15, 0.2) is 34.7 Å². The van der Waals surface area contributed by atoms with Crippen molar-refractivity contribution in [3.05, 3.63) is 24.5 Å². The summed E-state index contributed by atoms with van der Waals surface area (Å²) in [6.45, 7) is -0.318. The first kappa shape index (κ1) is 18.4. The maximum Gasteiger partial charge on any atom is 0.288 e. The number of nitrogens with zero attached hydrogens (tertiary/aromatic N) is 4. The lowest BCUT2D eigenvalue weighted by molar-refractivity contribution is -0.0511. The highest BCUT2D eigenvalue weighted by molar-refractivity contribution is 5.82. The first-order valence-electron chi connectivity index (χ1n) is 8.43. The van der Waals surface area contributed by atoms with Crippen molar-refractivity contribution in [2.45, 2.75) is 31.1 Å². The number of imidazole rings is 1. The molecule has 0 aromatic carbocycles. The standard InChI is InChI=1S/C16H19N5O7/c1-26-10-2-7(23)8(27-10)3-17-14-11-15(19-5-18-14)21(6-20-11)16-13(25)12(24)9(4-22)28-16/h2,5-6,9,12-13,16,22-25H,3-4H2,1H3,(H,17,18,19)/t9-,12-,13+,16-/m1/s1. The Morgan fingerprint density at radius 1 is 1.25 bits per heavy atom. The molecule has 12 heteroatoms. The lowest BCUT2D eigenvalue weighted by atomic mass is 10.1. The molecule has 0 saturated carbocycles. The third-order valence-corrected chi connectivity index (χ3v) is 4.53. The fraction of sp³-hybridized carbons (Fsp3) is 0.438. The summed E-state index contributed by atoms with van der Waals surface area (Å²) in [6.07, 6.45) is -1.66. The number of hydrogen-bond acceptors (Lipinski definition) is 11.